The van der Waals surface area contributed by atoms with Gasteiger partial charge in [0, 0.05) is 18.9 Å². The maximum Gasteiger partial charge on any atom is 0.232 e. The van der Waals surface area contributed by atoms with E-state index in [-0.39, 0.29) is 17.7 Å². The molecule has 1 saturated heterocycles. The van der Waals surface area contributed by atoms with Gasteiger partial charge in [-0.15, -0.1) is 6.58 Å². The summed E-state index contributed by atoms with van der Waals surface area (Å²) in [7, 11) is 0. The molecular weight excluding hydrogens is 250 g/mol. The van der Waals surface area contributed by atoms with E-state index in [1.54, 1.807) is 0 Å². The summed E-state index contributed by atoms with van der Waals surface area (Å²) in [6.45, 7) is 6.61. The van der Waals surface area contributed by atoms with Gasteiger partial charge in [-0.05, 0) is 24.7 Å². The van der Waals surface area contributed by atoms with Crippen molar-refractivity contribution in [1.82, 2.24) is 4.90 Å². The highest BCUT2D eigenvalue weighted by atomic mass is 16.2. The molecule has 0 aromatic heterocycles. The third kappa shape index (κ3) is 3.31. The fraction of sp³-hybridized carbons (Fsp3) is 0.765. The Kier molecular flexibility index (Phi) is 5.38. The smallest absolute Gasteiger partial charge is 0.232 e. The summed E-state index contributed by atoms with van der Waals surface area (Å²) in [5.41, 5.74) is 0. The van der Waals surface area contributed by atoms with Crippen LogP contribution < -0.4 is 0 Å². The molecule has 1 aliphatic heterocycles. The fourth-order valence-corrected chi connectivity index (χ4v) is 3.79. The number of rotatable bonds is 5. The second kappa shape index (κ2) is 7.05. The minimum atomic E-state index is -0.0577. The zero-order valence-electron chi connectivity index (χ0n) is 12.6. The van der Waals surface area contributed by atoms with Crippen molar-refractivity contribution in [3.63, 3.8) is 0 Å². The van der Waals surface area contributed by atoms with Gasteiger partial charge in [0.1, 0.15) is 0 Å². The highest BCUT2D eigenvalue weighted by Gasteiger charge is 2.36. The van der Waals surface area contributed by atoms with Gasteiger partial charge in [0.2, 0.25) is 11.8 Å². The molecule has 0 unspecified atom stereocenters. The molecule has 3 heteroatoms. The third-order valence-electron chi connectivity index (χ3n) is 5.11. The van der Waals surface area contributed by atoms with Crippen molar-refractivity contribution in [2.75, 3.05) is 6.54 Å². The Morgan fingerprint density at radius 2 is 2.05 bits per heavy atom. The average molecular weight is 277 g/mol. The van der Waals surface area contributed by atoms with Crippen molar-refractivity contribution in [2.24, 2.45) is 17.8 Å². The first-order valence-electron chi connectivity index (χ1n) is 8.10. The zero-order chi connectivity index (χ0) is 14.5. The number of carbonyl (C=O) groups is 2. The Morgan fingerprint density at radius 3 is 2.60 bits per heavy atom. The van der Waals surface area contributed by atoms with Gasteiger partial charge in [-0.2, -0.15) is 0 Å². The van der Waals surface area contributed by atoms with Crippen LogP contribution in [0.15, 0.2) is 12.7 Å². The van der Waals surface area contributed by atoms with E-state index in [2.05, 4.69) is 13.5 Å². The summed E-state index contributed by atoms with van der Waals surface area (Å²) in [5, 5.41) is 0. The third-order valence-corrected chi connectivity index (χ3v) is 5.11. The largest absolute Gasteiger partial charge is 0.282 e. The van der Waals surface area contributed by atoms with Gasteiger partial charge in [0.25, 0.3) is 0 Å². The van der Waals surface area contributed by atoms with Crippen LogP contribution in [0.5, 0.6) is 0 Å². The van der Waals surface area contributed by atoms with Crippen molar-refractivity contribution >= 4 is 11.8 Å². The molecule has 20 heavy (non-hydrogen) atoms. The van der Waals surface area contributed by atoms with Crippen molar-refractivity contribution < 1.29 is 9.59 Å². The number of hydrogen-bond donors (Lipinski definition) is 0. The molecule has 0 N–H and O–H groups in total. The summed E-state index contributed by atoms with van der Waals surface area (Å²) in [6.07, 6.45) is 10.2. The molecule has 2 atom stereocenters. The van der Waals surface area contributed by atoms with Gasteiger partial charge in [-0.25, -0.2) is 0 Å². The number of carbonyl (C=O) groups excluding carboxylic acids is 2. The summed E-state index contributed by atoms with van der Waals surface area (Å²) in [6, 6.07) is 0. The summed E-state index contributed by atoms with van der Waals surface area (Å²) in [4.78, 5) is 26.0. The van der Waals surface area contributed by atoms with Crippen LogP contribution in [0.2, 0.25) is 0 Å². The molecule has 112 valence electrons. The normalized spacial score (nSPS) is 23.6. The first-order valence-corrected chi connectivity index (χ1v) is 8.10. The zero-order valence-corrected chi connectivity index (χ0v) is 12.6. The molecule has 1 heterocycles. The predicted octanol–water partition coefficient (Wildman–Crippen LogP) is 3.54. The van der Waals surface area contributed by atoms with Gasteiger partial charge in [-0.1, -0.05) is 45.1 Å². The van der Waals surface area contributed by atoms with Crippen LogP contribution in [-0.4, -0.2) is 23.3 Å². The van der Waals surface area contributed by atoms with E-state index in [0.29, 0.717) is 31.2 Å². The molecule has 0 spiro atoms. The minimum absolute atomic E-state index is 0.0138. The van der Waals surface area contributed by atoms with E-state index in [1.807, 2.05) is 6.08 Å². The quantitative estimate of drug-likeness (QED) is 0.721. The lowest BCUT2D eigenvalue weighted by Crippen LogP contribution is -2.41. The van der Waals surface area contributed by atoms with Crippen LogP contribution >= 0.6 is 0 Å². The Morgan fingerprint density at radius 1 is 1.35 bits per heavy atom. The molecule has 0 radical (unpaired) electrons. The number of nitrogens with zero attached hydrogens (tertiary/aromatic N) is 1. The molecule has 1 saturated carbocycles. The SMILES string of the molecule is C=CC[C@@H](C(=O)N1CCCC1=O)[C@@H](C)C1CCCCC1. The Hall–Kier alpha value is -1.12. The number of amides is 2. The number of hydrogen-bond acceptors (Lipinski definition) is 2. The van der Waals surface area contributed by atoms with Crippen LogP contribution in [0.3, 0.4) is 0 Å². The van der Waals surface area contributed by atoms with Crippen LogP contribution in [-0.2, 0) is 9.59 Å². The summed E-state index contributed by atoms with van der Waals surface area (Å²) >= 11 is 0. The number of likely N-dealkylation sites (tertiary alicyclic amines) is 1. The van der Waals surface area contributed by atoms with Crippen molar-refractivity contribution in [1.29, 1.82) is 0 Å². The molecule has 0 aromatic rings. The van der Waals surface area contributed by atoms with E-state index in [0.717, 1.165) is 6.42 Å². The molecule has 2 aliphatic rings. The van der Waals surface area contributed by atoms with E-state index in [1.165, 1.54) is 37.0 Å². The predicted molar refractivity (Wildman–Crippen MR) is 80.0 cm³/mol. The molecule has 1 aliphatic carbocycles. The maximum atomic E-state index is 12.7. The Labute approximate surface area is 122 Å². The van der Waals surface area contributed by atoms with Gasteiger partial charge in [-0.3, -0.25) is 14.5 Å². The van der Waals surface area contributed by atoms with Gasteiger partial charge >= 0.3 is 0 Å². The lowest BCUT2D eigenvalue weighted by Gasteiger charge is -2.34. The minimum Gasteiger partial charge on any atom is -0.282 e. The maximum absolute atomic E-state index is 12.7. The molecule has 0 bridgehead atoms. The summed E-state index contributed by atoms with van der Waals surface area (Å²) in [5.74, 6) is 0.993. The topological polar surface area (TPSA) is 37.4 Å². The summed E-state index contributed by atoms with van der Waals surface area (Å²) < 4.78 is 0. The Balaban J connectivity index is 2.06. The molecule has 2 rings (SSSR count). The van der Waals surface area contributed by atoms with E-state index in [4.69, 9.17) is 0 Å². The molecule has 3 nitrogen and oxygen atoms in total. The first kappa shape index (κ1) is 15.3. The van der Waals surface area contributed by atoms with E-state index >= 15 is 0 Å². The lowest BCUT2D eigenvalue weighted by molar-refractivity contribution is -0.146. The van der Waals surface area contributed by atoms with Crippen LogP contribution in [0.1, 0.15) is 58.3 Å². The second-order valence-corrected chi connectivity index (χ2v) is 6.38. The second-order valence-electron chi connectivity index (χ2n) is 6.38. The van der Waals surface area contributed by atoms with E-state index in [9.17, 15) is 9.59 Å². The van der Waals surface area contributed by atoms with Gasteiger partial charge < -0.3 is 0 Å². The lowest BCUT2D eigenvalue weighted by atomic mass is 9.73. The number of imide groups is 1. The van der Waals surface area contributed by atoms with Crippen LogP contribution in [0, 0.1) is 17.8 Å². The highest BCUT2D eigenvalue weighted by molar-refractivity contribution is 5.97. The van der Waals surface area contributed by atoms with Gasteiger partial charge in [0.15, 0.2) is 0 Å². The van der Waals surface area contributed by atoms with Crippen LogP contribution in [0.25, 0.3) is 0 Å². The molecule has 2 amide bonds. The number of allylic oxidation sites excluding steroid dienone is 1. The van der Waals surface area contributed by atoms with Crippen molar-refractivity contribution in [3.8, 4) is 0 Å². The first-order chi connectivity index (χ1) is 9.65. The molecule has 2 fully saturated rings. The highest BCUT2D eigenvalue weighted by Crippen LogP contribution is 2.36. The van der Waals surface area contributed by atoms with Crippen molar-refractivity contribution in [2.45, 2.75) is 58.3 Å². The fourth-order valence-electron chi connectivity index (χ4n) is 3.79. The van der Waals surface area contributed by atoms with Crippen molar-refractivity contribution in [3.05, 3.63) is 12.7 Å². The Bertz CT molecular complexity index is 371. The van der Waals surface area contributed by atoms with Crippen LogP contribution in [0.4, 0.5) is 0 Å². The molecule has 0 aromatic carbocycles. The average Bonchev–Trinajstić information content (AvgIpc) is 2.90. The molecular formula is C17H27NO2. The van der Waals surface area contributed by atoms with E-state index < -0.39 is 0 Å². The monoisotopic (exact) mass is 277 g/mol. The van der Waals surface area contributed by atoms with Gasteiger partial charge in [0.05, 0.1) is 0 Å². The standard InChI is InChI=1S/C17H27NO2/c1-3-8-15(13(2)14-9-5-4-6-10-14)17(20)18-12-7-11-16(18)19/h3,13-15H,1,4-12H2,2H3/t13-,15+/m0/s1.